The van der Waals surface area contributed by atoms with E-state index in [9.17, 15) is 75.3 Å². The summed E-state index contributed by atoms with van der Waals surface area (Å²) in [5.74, 6) is -14.6. The molecular weight excluding hydrogens is 624 g/mol. The van der Waals surface area contributed by atoms with Crippen LogP contribution in [0.2, 0.25) is 0 Å². The number of aliphatic hydroxyl groups excluding tert-OH is 1. The fourth-order valence-corrected chi connectivity index (χ4v) is 4.43. The molecule has 2 unspecified atom stereocenters. The number of hydrogen-bond acceptors (Lipinski definition) is 17. The fraction of sp³-hybridized carbons (Fsp3) is 0.214. The number of carbonyl (C=O) groups is 4. The van der Waals surface area contributed by atoms with Crippen molar-refractivity contribution in [3.8, 4) is 51.7 Å². The first-order valence-corrected chi connectivity index (χ1v) is 12.8. The minimum Gasteiger partial charge on any atom is -0.504 e. The van der Waals surface area contributed by atoms with Crippen molar-refractivity contribution in [2.24, 2.45) is 0 Å². The summed E-state index contributed by atoms with van der Waals surface area (Å²) < 4.78 is 15.1. The van der Waals surface area contributed by atoms with Crippen LogP contribution < -0.4 is 4.74 Å². The highest BCUT2D eigenvalue weighted by molar-refractivity contribution is 5.95. The lowest BCUT2D eigenvalue weighted by atomic mass is 9.79. The van der Waals surface area contributed by atoms with Crippen molar-refractivity contribution in [2.45, 2.75) is 36.8 Å². The maximum Gasteiger partial charge on any atom is 0.343 e. The molecule has 4 rings (SSSR count). The lowest BCUT2D eigenvalue weighted by Gasteiger charge is -2.40. The van der Waals surface area contributed by atoms with Gasteiger partial charge in [0.1, 0.15) is 18.3 Å². The Morgan fingerprint density at radius 1 is 0.587 bits per heavy atom. The van der Waals surface area contributed by atoms with Crippen molar-refractivity contribution in [1.29, 1.82) is 0 Å². The van der Waals surface area contributed by atoms with Crippen LogP contribution in [-0.4, -0.2) is 104 Å². The number of aliphatic hydroxyl groups is 2. The van der Waals surface area contributed by atoms with Crippen molar-refractivity contribution >= 4 is 23.9 Å². The molecule has 0 spiro atoms. The highest BCUT2D eigenvalue weighted by Gasteiger charge is 2.52. The molecule has 3 aromatic rings. The molecule has 3 aromatic carbocycles. The van der Waals surface area contributed by atoms with E-state index >= 15 is 0 Å². The first-order valence-electron chi connectivity index (χ1n) is 12.8. The van der Waals surface area contributed by atoms with Crippen LogP contribution in [0.4, 0.5) is 0 Å². The van der Waals surface area contributed by atoms with E-state index in [4.69, 9.17) is 14.2 Å². The van der Waals surface area contributed by atoms with E-state index in [2.05, 4.69) is 0 Å². The number of aliphatic carboxylic acids is 1. The van der Waals surface area contributed by atoms with Crippen LogP contribution in [0.25, 0.3) is 0 Å². The first kappa shape index (κ1) is 32.8. The van der Waals surface area contributed by atoms with Gasteiger partial charge in [-0.25, -0.2) is 19.2 Å². The molecule has 11 N–H and O–H groups in total. The number of esters is 3. The maximum atomic E-state index is 13.0. The molecule has 1 saturated carbocycles. The Balaban J connectivity index is 1.57. The molecule has 0 bridgehead atoms. The Kier molecular flexibility index (Phi) is 8.62. The third kappa shape index (κ3) is 6.37. The summed E-state index contributed by atoms with van der Waals surface area (Å²) in [6.45, 7) is 0. The zero-order chi connectivity index (χ0) is 34.2. The number of aromatic hydroxyl groups is 8. The van der Waals surface area contributed by atoms with Crippen molar-refractivity contribution in [3.63, 3.8) is 0 Å². The number of ether oxygens (including phenoxy) is 3. The van der Waals surface area contributed by atoms with Gasteiger partial charge in [-0.2, -0.15) is 0 Å². The Hall–Kier alpha value is -6.14. The van der Waals surface area contributed by atoms with Crippen LogP contribution in [0.5, 0.6) is 51.7 Å². The second kappa shape index (κ2) is 12.1. The summed E-state index contributed by atoms with van der Waals surface area (Å²) in [6, 6.07) is 4.06. The zero-order valence-electron chi connectivity index (χ0n) is 22.9. The second-order valence-electron chi connectivity index (χ2n) is 10.1. The van der Waals surface area contributed by atoms with Gasteiger partial charge in [0.05, 0.1) is 16.7 Å². The molecule has 244 valence electrons. The standard InChI is InChI=1S/C28H24O18/c29-12-1-9(2-13(30)20(12)34)24(38)44-17-6-11(5-16(33)22(17)36)26(40)46-19-8-28(43,27(41)42)7-18(23(19)37)45-25(39)10-3-14(31)21(35)15(32)4-10/h1-6,18-19,23,29-37,43H,7-8H2,(H,41,42)/t18?,19?,23-,28+/m0/s1. The normalized spacial score (nSPS) is 20.8. The molecule has 0 aliphatic heterocycles. The Morgan fingerprint density at radius 3 is 1.33 bits per heavy atom. The summed E-state index contributed by atoms with van der Waals surface area (Å²) in [5, 5.41) is 109. The number of phenols is 8. The fourth-order valence-electron chi connectivity index (χ4n) is 4.43. The smallest absolute Gasteiger partial charge is 0.343 e. The third-order valence-electron chi connectivity index (χ3n) is 6.86. The van der Waals surface area contributed by atoms with Gasteiger partial charge in [-0.3, -0.25) is 0 Å². The second-order valence-corrected chi connectivity index (χ2v) is 10.1. The molecule has 46 heavy (non-hydrogen) atoms. The van der Waals surface area contributed by atoms with E-state index in [1.54, 1.807) is 0 Å². The molecule has 0 aromatic heterocycles. The van der Waals surface area contributed by atoms with E-state index < -0.39 is 129 Å². The van der Waals surface area contributed by atoms with Gasteiger partial charge < -0.3 is 70.4 Å². The molecule has 0 amide bonds. The molecule has 1 aliphatic rings. The van der Waals surface area contributed by atoms with Gasteiger partial charge in [-0.1, -0.05) is 0 Å². The zero-order valence-corrected chi connectivity index (χ0v) is 22.9. The topological polar surface area (TPSA) is 318 Å². The quantitative estimate of drug-likeness (QED) is 0.0930. The molecular formula is C28H24O18. The Bertz CT molecular complexity index is 1700. The van der Waals surface area contributed by atoms with Gasteiger partial charge in [0.2, 0.25) is 5.75 Å². The van der Waals surface area contributed by atoms with Crippen LogP contribution >= 0.6 is 0 Å². The maximum absolute atomic E-state index is 13.0. The van der Waals surface area contributed by atoms with Crippen molar-refractivity contribution in [3.05, 3.63) is 53.1 Å². The number of hydrogen-bond donors (Lipinski definition) is 11. The van der Waals surface area contributed by atoms with Crippen LogP contribution in [-0.2, 0) is 14.3 Å². The van der Waals surface area contributed by atoms with Crippen LogP contribution in [0.3, 0.4) is 0 Å². The number of phenolic OH excluding ortho intramolecular Hbond substituents is 8. The van der Waals surface area contributed by atoms with Crippen LogP contribution in [0, 0.1) is 0 Å². The first-order chi connectivity index (χ1) is 21.4. The lowest BCUT2D eigenvalue weighted by molar-refractivity contribution is -0.187. The van der Waals surface area contributed by atoms with E-state index in [0.717, 1.165) is 0 Å². The number of benzene rings is 3. The predicted molar refractivity (Wildman–Crippen MR) is 144 cm³/mol. The molecule has 0 saturated heterocycles. The summed E-state index contributed by atoms with van der Waals surface area (Å²) in [5.41, 5.74) is -4.50. The Labute approximate surface area is 255 Å². The highest BCUT2D eigenvalue weighted by atomic mass is 16.6. The van der Waals surface area contributed by atoms with E-state index in [0.29, 0.717) is 36.4 Å². The molecule has 1 fully saturated rings. The molecule has 18 nitrogen and oxygen atoms in total. The largest absolute Gasteiger partial charge is 0.504 e. The lowest BCUT2D eigenvalue weighted by Crippen LogP contribution is -2.58. The number of rotatable bonds is 7. The van der Waals surface area contributed by atoms with E-state index in [1.807, 2.05) is 0 Å². The van der Waals surface area contributed by atoms with Gasteiger partial charge >= 0.3 is 23.9 Å². The number of carbonyl (C=O) groups excluding carboxylic acids is 3. The van der Waals surface area contributed by atoms with Gasteiger partial charge in [0.25, 0.3) is 0 Å². The van der Waals surface area contributed by atoms with Crippen LogP contribution in [0.15, 0.2) is 36.4 Å². The average molecular weight is 648 g/mol. The van der Waals surface area contributed by atoms with Gasteiger partial charge in [-0.05, 0) is 36.4 Å². The molecule has 0 radical (unpaired) electrons. The van der Waals surface area contributed by atoms with Crippen molar-refractivity contribution in [1.82, 2.24) is 0 Å². The van der Waals surface area contributed by atoms with Gasteiger partial charge in [0.15, 0.2) is 51.6 Å². The summed E-state index contributed by atoms with van der Waals surface area (Å²) in [7, 11) is 0. The van der Waals surface area contributed by atoms with Gasteiger partial charge in [-0.15, -0.1) is 0 Å². The van der Waals surface area contributed by atoms with Gasteiger partial charge in [0, 0.05) is 12.8 Å². The number of carboxylic acids is 1. The molecule has 0 heterocycles. The Morgan fingerprint density at radius 2 is 0.935 bits per heavy atom. The monoisotopic (exact) mass is 648 g/mol. The summed E-state index contributed by atoms with van der Waals surface area (Å²) >= 11 is 0. The third-order valence-corrected chi connectivity index (χ3v) is 6.86. The molecule has 4 atom stereocenters. The average Bonchev–Trinajstić information content (AvgIpc) is 2.98. The summed E-state index contributed by atoms with van der Waals surface area (Å²) in [4.78, 5) is 50.0. The minimum absolute atomic E-state index is 0.545. The SMILES string of the molecule is O=C(Oc1cc(C(=O)OC2C[C@@](O)(C(=O)O)CC(OC(=O)c3cc(O)c(O)c(O)c3)[C@@H]2O)cc(O)c1O)c1cc(O)c(O)c(O)c1. The van der Waals surface area contributed by atoms with Crippen LogP contribution in [0.1, 0.15) is 43.9 Å². The van der Waals surface area contributed by atoms with E-state index in [-0.39, 0.29) is 0 Å². The number of carboxylic acid groups (broad SMARTS) is 1. The highest BCUT2D eigenvalue weighted by Crippen LogP contribution is 2.40. The van der Waals surface area contributed by atoms with Crippen molar-refractivity contribution in [2.75, 3.05) is 0 Å². The molecule has 1 aliphatic carbocycles. The van der Waals surface area contributed by atoms with Crippen molar-refractivity contribution < 1.29 is 89.6 Å². The predicted octanol–water partition coefficient (Wildman–Crippen LogP) is 0.272. The van der Waals surface area contributed by atoms with E-state index in [1.165, 1.54) is 0 Å². The summed E-state index contributed by atoms with van der Waals surface area (Å²) in [6.07, 6.45) is -7.64. The minimum atomic E-state index is -2.74. The molecule has 18 heteroatoms.